The Hall–Kier alpha value is -8.29. The van der Waals surface area contributed by atoms with Gasteiger partial charge in [-0.1, -0.05) is 66.7 Å². The van der Waals surface area contributed by atoms with Crippen LogP contribution < -0.4 is 4.90 Å². The van der Waals surface area contributed by atoms with E-state index in [2.05, 4.69) is 152 Å². The van der Waals surface area contributed by atoms with Crippen LogP contribution in [0.5, 0.6) is 0 Å². The van der Waals surface area contributed by atoms with Crippen LogP contribution in [0.3, 0.4) is 0 Å². The van der Waals surface area contributed by atoms with E-state index in [4.69, 9.17) is 9.40 Å². The lowest BCUT2D eigenvalue weighted by molar-refractivity contribution is 0.654. The Kier molecular flexibility index (Phi) is 7.71. The summed E-state index contributed by atoms with van der Waals surface area (Å²) >= 11 is 0. The van der Waals surface area contributed by atoms with Crippen LogP contribution in [-0.4, -0.2) is 24.9 Å². The van der Waals surface area contributed by atoms with E-state index in [1.807, 2.05) is 55.1 Å². The number of pyridine rings is 5. The van der Waals surface area contributed by atoms with Gasteiger partial charge in [-0.2, -0.15) is 0 Å². The third-order valence-electron chi connectivity index (χ3n) is 11.5. The fourth-order valence-electron chi connectivity index (χ4n) is 8.36. The van der Waals surface area contributed by atoms with Crippen molar-refractivity contribution >= 4 is 82.5 Å². The van der Waals surface area contributed by atoms with Gasteiger partial charge < -0.3 is 9.32 Å². The first-order valence-electron chi connectivity index (χ1n) is 19.8. The topological polar surface area (TPSA) is 80.8 Å². The van der Waals surface area contributed by atoms with Crippen LogP contribution in [0.25, 0.3) is 98.9 Å². The zero-order chi connectivity index (χ0) is 39.6. The number of para-hydroxylation sites is 1. The summed E-state index contributed by atoms with van der Waals surface area (Å²) in [5, 5.41) is 8.71. The number of fused-ring (bicyclic) bond motifs is 7. The lowest BCUT2D eigenvalue weighted by Gasteiger charge is -2.26. The number of furan rings is 1. The third kappa shape index (κ3) is 5.87. The molecule has 12 aromatic rings. The van der Waals surface area contributed by atoms with E-state index in [0.29, 0.717) is 5.71 Å². The standard InChI is InChI=1S/C53H32N6O/c1-2-4-52-47(3-1)48-17-18-51(58-53(48)60-52)33-9-13-44(14-10-33)59(45-15-11-34-23-36(5-7-38(34)27-45)40-25-42-29-54-21-19-49(42)56-31-40)46-16-12-35-24-37(6-8-39(35)28-46)41-26-43-30-55-22-20-50(43)57-32-41/h1-32H. The van der Waals surface area contributed by atoms with Crippen molar-refractivity contribution in [1.29, 1.82) is 0 Å². The smallest absolute Gasteiger partial charge is 0.227 e. The monoisotopic (exact) mass is 768 g/mol. The minimum Gasteiger partial charge on any atom is -0.438 e. The Morgan fingerprint density at radius 3 is 1.55 bits per heavy atom. The van der Waals surface area contributed by atoms with Gasteiger partial charge in [0.2, 0.25) is 5.71 Å². The molecule has 0 aliphatic carbocycles. The van der Waals surface area contributed by atoms with E-state index in [1.165, 1.54) is 0 Å². The number of nitrogens with zero attached hydrogens (tertiary/aromatic N) is 6. The van der Waals surface area contributed by atoms with Crippen molar-refractivity contribution in [2.24, 2.45) is 0 Å². The molecule has 0 radical (unpaired) electrons. The predicted molar refractivity (Wildman–Crippen MR) is 244 cm³/mol. The molecule has 6 aromatic heterocycles. The van der Waals surface area contributed by atoms with Crippen LogP contribution >= 0.6 is 0 Å². The molecule has 7 nitrogen and oxygen atoms in total. The second-order valence-corrected chi connectivity index (χ2v) is 15.1. The van der Waals surface area contributed by atoms with E-state index in [1.54, 1.807) is 12.4 Å². The summed E-state index contributed by atoms with van der Waals surface area (Å²) < 4.78 is 6.13. The summed E-state index contributed by atoms with van der Waals surface area (Å²) in [7, 11) is 0. The van der Waals surface area contributed by atoms with Gasteiger partial charge >= 0.3 is 0 Å². The summed E-state index contributed by atoms with van der Waals surface area (Å²) in [5.74, 6) is 0. The first kappa shape index (κ1) is 33.8. The minimum atomic E-state index is 0.640. The number of rotatable bonds is 6. The fourth-order valence-corrected chi connectivity index (χ4v) is 8.36. The number of hydrogen-bond donors (Lipinski definition) is 0. The van der Waals surface area contributed by atoms with E-state index in [9.17, 15) is 0 Å². The second kappa shape index (κ2) is 13.7. The molecular weight excluding hydrogens is 737 g/mol. The Bertz CT molecular complexity index is 3470. The molecule has 0 spiro atoms. The highest BCUT2D eigenvalue weighted by molar-refractivity contribution is 6.04. The Morgan fingerprint density at radius 1 is 0.383 bits per heavy atom. The van der Waals surface area contributed by atoms with E-state index in [0.717, 1.165) is 110 Å². The number of benzene rings is 6. The predicted octanol–water partition coefficient (Wildman–Crippen LogP) is 13.6. The van der Waals surface area contributed by atoms with Gasteiger partial charge in [0.25, 0.3) is 0 Å². The maximum atomic E-state index is 6.13. The zero-order valence-corrected chi connectivity index (χ0v) is 32.1. The number of anilines is 3. The highest BCUT2D eigenvalue weighted by atomic mass is 16.3. The van der Waals surface area contributed by atoms with E-state index in [-0.39, 0.29) is 0 Å². The van der Waals surface area contributed by atoms with Gasteiger partial charge in [0.05, 0.1) is 16.7 Å². The van der Waals surface area contributed by atoms with Crippen molar-refractivity contribution in [2.45, 2.75) is 0 Å². The highest BCUT2D eigenvalue weighted by Crippen LogP contribution is 2.40. The first-order chi connectivity index (χ1) is 29.7. The highest BCUT2D eigenvalue weighted by Gasteiger charge is 2.16. The lowest BCUT2D eigenvalue weighted by atomic mass is 10.00. The molecule has 0 saturated heterocycles. The number of aromatic nitrogens is 5. The van der Waals surface area contributed by atoms with Crippen LogP contribution in [0.1, 0.15) is 0 Å². The van der Waals surface area contributed by atoms with Gasteiger partial charge in [0.1, 0.15) is 5.58 Å². The molecule has 6 heterocycles. The molecule has 0 amide bonds. The molecule has 0 N–H and O–H groups in total. The van der Waals surface area contributed by atoms with Crippen LogP contribution in [0.4, 0.5) is 17.1 Å². The van der Waals surface area contributed by atoms with Gasteiger partial charge in [0.15, 0.2) is 0 Å². The lowest BCUT2D eigenvalue weighted by Crippen LogP contribution is -2.10. The molecule has 0 aliphatic heterocycles. The average Bonchev–Trinajstić information content (AvgIpc) is 3.69. The van der Waals surface area contributed by atoms with E-state index >= 15 is 0 Å². The van der Waals surface area contributed by atoms with Crippen LogP contribution in [0, 0.1) is 0 Å². The summed E-state index contributed by atoms with van der Waals surface area (Å²) in [6.45, 7) is 0. The van der Waals surface area contributed by atoms with Gasteiger partial charge in [-0.25, -0.2) is 4.98 Å². The largest absolute Gasteiger partial charge is 0.438 e. The zero-order valence-electron chi connectivity index (χ0n) is 32.1. The van der Waals surface area contributed by atoms with Gasteiger partial charge in [-0.05, 0) is 124 Å². The van der Waals surface area contributed by atoms with Crippen LogP contribution in [0.15, 0.2) is 199 Å². The van der Waals surface area contributed by atoms with Crippen LogP contribution in [-0.2, 0) is 0 Å². The summed E-state index contributed by atoms with van der Waals surface area (Å²) in [6, 6.07) is 55.6. The fraction of sp³-hybridized carbons (Fsp3) is 0. The molecule has 0 unspecified atom stereocenters. The molecule has 0 fully saturated rings. The average molecular weight is 769 g/mol. The molecular formula is C53H32N6O. The van der Waals surface area contributed by atoms with Crippen molar-refractivity contribution in [3.05, 3.63) is 195 Å². The molecule has 0 bridgehead atoms. The van der Waals surface area contributed by atoms with Crippen molar-refractivity contribution < 1.29 is 4.42 Å². The Morgan fingerprint density at radius 2 is 0.917 bits per heavy atom. The van der Waals surface area contributed by atoms with Crippen molar-refractivity contribution in [3.63, 3.8) is 0 Å². The summed E-state index contributed by atoms with van der Waals surface area (Å²) in [6.07, 6.45) is 11.2. The SMILES string of the molecule is c1ccc2c(c1)oc1nc(-c3ccc(N(c4ccc5cc(-c6cnc7ccncc7c6)ccc5c4)c4ccc5cc(-c6cnc7ccncc7c6)ccc5c4)cc3)ccc12. The van der Waals surface area contributed by atoms with E-state index < -0.39 is 0 Å². The second-order valence-electron chi connectivity index (χ2n) is 15.1. The van der Waals surface area contributed by atoms with Gasteiger partial charge in [0, 0.05) is 92.5 Å². The quantitative estimate of drug-likeness (QED) is 0.167. The van der Waals surface area contributed by atoms with Crippen molar-refractivity contribution in [3.8, 4) is 33.5 Å². The summed E-state index contributed by atoms with van der Waals surface area (Å²) in [4.78, 5) is 25.2. The Balaban J connectivity index is 0.935. The molecule has 60 heavy (non-hydrogen) atoms. The molecule has 0 aliphatic rings. The molecule has 0 saturated carbocycles. The Labute approximate surface area is 343 Å². The van der Waals surface area contributed by atoms with Gasteiger partial charge in [-0.15, -0.1) is 0 Å². The van der Waals surface area contributed by atoms with Crippen molar-refractivity contribution in [2.75, 3.05) is 4.90 Å². The summed E-state index contributed by atoms with van der Waals surface area (Å²) in [5.41, 5.74) is 12.7. The number of hydrogen-bond acceptors (Lipinski definition) is 7. The third-order valence-corrected chi connectivity index (χ3v) is 11.5. The first-order valence-corrected chi connectivity index (χ1v) is 19.8. The molecule has 280 valence electrons. The maximum absolute atomic E-state index is 6.13. The molecule has 7 heteroatoms. The normalized spacial score (nSPS) is 11.7. The minimum absolute atomic E-state index is 0.640. The van der Waals surface area contributed by atoms with Gasteiger partial charge in [-0.3, -0.25) is 19.9 Å². The molecule has 0 atom stereocenters. The molecule has 6 aromatic carbocycles. The van der Waals surface area contributed by atoms with Crippen LogP contribution in [0.2, 0.25) is 0 Å². The van der Waals surface area contributed by atoms with Crippen molar-refractivity contribution in [1.82, 2.24) is 24.9 Å². The molecule has 12 rings (SSSR count). The maximum Gasteiger partial charge on any atom is 0.227 e.